The van der Waals surface area contributed by atoms with Gasteiger partial charge in [-0.15, -0.1) is 0 Å². The summed E-state index contributed by atoms with van der Waals surface area (Å²) in [6.07, 6.45) is 18.6. The molecule has 0 aromatic carbocycles. The minimum Gasteiger partial charge on any atom is -0.395 e. The lowest BCUT2D eigenvalue weighted by Gasteiger charge is -2.13. The predicted molar refractivity (Wildman–Crippen MR) is 116 cm³/mol. The van der Waals surface area contributed by atoms with E-state index in [0.29, 0.717) is 19.7 Å². The van der Waals surface area contributed by atoms with Crippen LogP contribution in [-0.4, -0.2) is 49.2 Å². The van der Waals surface area contributed by atoms with E-state index >= 15 is 0 Å². The maximum atomic E-state index is 9.67. The molecule has 0 aromatic heterocycles. The monoisotopic (exact) mass is 387 g/mol. The number of hydrogen-bond acceptors (Lipinski definition) is 4. The first-order valence-corrected chi connectivity index (χ1v) is 11.8. The molecular weight excluding hydrogens is 338 g/mol. The molecule has 0 saturated heterocycles. The largest absolute Gasteiger partial charge is 0.395 e. The third kappa shape index (κ3) is 22.0. The zero-order valence-electron chi connectivity index (χ0n) is 18.4. The van der Waals surface area contributed by atoms with E-state index in [1.807, 2.05) is 0 Å². The standard InChI is InChI=1S/C23H49NO3/c1-3-4-5-6-7-8-9-10-11-12-15-22(2)16-13-14-19-27-21-23(26)20-24-17-18-25/h22-26H,3-21H2,1-2H3. The molecule has 4 heteroatoms. The molecule has 4 nitrogen and oxygen atoms in total. The van der Waals surface area contributed by atoms with Gasteiger partial charge in [0, 0.05) is 19.7 Å². The maximum Gasteiger partial charge on any atom is 0.0897 e. The van der Waals surface area contributed by atoms with Crippen molar-refractivity contribution in [1.82, 2.24) is 5.32 Å². The van der Waals surface area contributed by atoms with Gasteiger partial charge in [-0.2, -0.15) is 0 Å². The third-order valence-electron chi connectivity index (χ3n) is 5.26. The van der Waals surface area contributed by atoms with Crippen LogP contribution in [0, 0.1) is 5.92 Å². The Bertz CT molecular complexity index is 276. The van der Waals surface area contributed by atoms with Crippen LogP contribution in [-0.2, 0) is 4.74 Å². The Morgan fingerprint density at radius 3 is 1.96 bits per heavy atom. The summed E-state index contributed by atoms with van der Waals surface area (Å²) in [4.78, 5) is 0. The van der Waals surface area contributed by atoms with E-state index in [2.05, 4.69) is 19.2 Å². The number of hydrogen-bond donors (Lipinski definition) is 3. The van der Waals surface area contributed by atoms with Gasteiger partial charge in [-0.05, 0) is 12.3 Å². The first-order valence-electron chi connectivity index (χ1n) is 11.8. The van der Waals surface area contributed by atoms with Crippen LogP contribution in [0.4, 0.5) is 0 Å². The summed E-state index contributed by atoms with van der Waals surface area (Å²) < 4.78 is 5.52. The highest BCUT2D eigenvalue weighted by atomic mass is 16.5. The lowest BCUT2D eigenvalue weighted by Crippen LogP contribution is -2.32. The lowest BCUT2D eigenvalue weighted by atomic mass is 9.96. The Labute approximate surface area is 169 Å². The number of nitrogens with one attached hydrogen (secondary N) is 1. The van der Waals surface area contributed by atoms with Gasteiger partial charge in [0.25, 0.3) is 0 Å². The Hall–Kier alpha value is -0.160. The summed E-state index contributed by atoms with van der Waals surface area (Å²) in [7, 11) is 0. The Morgan fingerprint density at radius 2 is 1.37 bits per heavy atom. The van der Waals surface area contributed by atoms with Crippen molar-refractivity contribution in [3.8, 4) is 0 Å². The maximum absolute atomic E-state index is 9.67. The van der Waals surface area contributed by atoms with Crippen molar-refractivity contribution in [3.63, 3.8) is 0 Å². The van der Waals surface area contributed by atoms with Crippen molar-refractivity contribution < 1.29 is 14.9 Å². The Balaban J connectivity index is 3.22. The molecule has 0 aliphatic heterocycles. The van der Waals surface area contributed by atoms with Crippen molar-refractivity contribution in [2.75, 3.05) is 32.9 Å². The van der Waals surface area contributed by atoms with Gasteiger partial charge in [0.15, 0.2) is 0 Å². The van der Waals surface area contributed by atoms with E-state index in [-0.39, 0.29) is 6.61 Å². The summed E-state index contributed by atoms with van der Waals surface area (Å²) in [6, 6.07) is 0. The predicted octanol–water partition coefficient (Wildman–Crippen LogP) is 5.06. The second-order valence-corrected chi connectivity index (χ2v) is 8.23. The van der Waals surface area contributed by atoms with E-state index < -0.39 is 6.10 Å². The van der Waals surface area contributed by atoms with Gasteiger partial charge in [0.2, 0.25) is 0 Å². The topological polar surface area (TPSA) is 61.7 Å². The van der Waals surface area contributed by atoms with E-state index in [0.717, 1.165) is 18.9 Å². The quantitative estimate of drug-likeness (QED) is 0.227. The molecular formula is C23H49NO3. The van der Waals surface area contributed by atoms with Gasteiger partial charge in [0.05, 0.1) is 19.3 Å². The van der Waals surface area contributed by atoms with Gasteiger partial charge in [-0.3, -0.25) is 0 Å². The van der Waals surface area contributed by atoms with Gasteiger partial charge in [-0.1, -0.05) is 97.3 Å². The fourth-order valence-electron chi connectivity index (χ4n) is 3.45. The van der Waals surface area contributed by atoms with E-state index in [9.17, 15) is 5.11 Å². The van der Waals surface area contributed by atoms with E-state index in [1.165, 1.54) is 83.5 Å². The molecule has 0 spiro atoms. The molecule has 0 aliphatic rings. The highest BCUT2D eigenvalue weighted by Crippen LogP contribution is 2.17. The van der Waals surface area contributed by atoms with E-state index in [1.54, 1.807) is 0 Å². The fraction of sp³-hybridized carbons (Fsp3) is 1.00. The van der Waals surface area contributed by atoms with Crippen LogP contribution in [0.15, 0.2) is 0 Å². The van der Waals surface area contributed by atoms with Crippen LogP contribution in [0.25, 0.3) is 0 Å². The Morgan fingerprint density at radius 1 is 0.815 bits per heavy atom. The number of rotatable bonds is 22. The smallest absolute Gasteiger partial charge is 0.0897 e. The zero-order valence-corrected chi connectivity index (χ0v) is 18.4. The first kappa shape index (κ1) is 26.8. The number of unbranched alkanes of at least 4 members (excludes halogenated alkanes) is 10. The van der Waals surface area contributed by atoms with Crippen LogP contribution < -0.4 is 5.32 Å². The zero-order chi connectivity index (χ0) is 20.0. The van der Waals surface area contributed by atoms with Crippen LogP contribution in [0.3, 0.4) is 0 Å². The van der Waals surface area contributed by atoms with Crippen molar-refractivity contribution in [2.24, 2.45) is 5.92 Å². The molecule has 0 fully saturated rings. The molecule has 0 amide bonds. The highest BCUT2D eigenvalue weighted by Gasteiger charge is 2.04. The average Bonchev–Trinajstić information content (AvgIpc) is 2.66. The van der Waals surface area contributed by atoms with Crippen LogP contribution in [0.1, 0.15) is 104 Å². The second kappa shape index (κ2) is 22.1. The van der Waals surface area contributed by atoms with Crippen molar-refractivity contribution in [1.29, 1.82) is 0 Å². The molecule has 0 aliphatic carbocycles. The fourth-order valence-corrected chi connectivity index (χ4v) is 3.45. The van der Waals surface area contributed by atoms with Crippen LogP contribution >= 0.6 is 0 Å². The van der Waals surface area contributed by atoms with Crippen molar-refractivity contribution >= 4 is 0 Å². The molecule has 2 unspecified atom stereocenters. The molecule has 0 bridgehead atoms. The average molecular weight is 388 g/mol. The summed E-state index contributed by atoms with van der Waals surface area (Å²) in [5.74, 6) is 0.826. The SMILES string of the molecule is CCCCCCCCCCCCC(C)CCCCOCC(O)CNCCO. The van der Waals surface area contributed by atoms with Crippen molar-refractivity contribution in [3.05, 3.63) is 0 Å². The normalized spacial score (nSPS) is 13.8. The molecule has 0 rings (SSSR count). The summed E-state index contributed by atoms with van der Waals surface area (Å²) in [6.45, 7) is 6.89. The summed E-state index contributed by atoms with van der Waals surface area (Å²) >= 11 is 0. The van der Waals surface area contributed by atoms with Gasteiger partial charge >= 0.3 is 0 Å². The number of ether oxygens (including phenoxy) is 1. The highest BCUT2D eigenvalue weighted by molar-refractivity contribution is 4.58. The number of aliphatic hydroxyl groups excluding tert-OH is 2. The van der Waals surface area contributed by atoms with Crippen molar-refractivity contribution in [2.45, 2.75) is 110 Å². The molecule has 2 atom stereocenters. The minimum absolute atomic E-state index is 0.102. The molecule has 0 saturated carbocycles. The van der Waals surface area contributed by atoms with Gasteiger partial charge in [-0.25, -0.2) is 0 Å². The molecule has 3 N–H and O–H groups in total. The van der Waals surface area contributed by atoms with Gasteiger partial charge < -0.3 is 20.3 Å². The molecule has 164 valence electrons. The molecule has 0 aromatic rings. The molecule has 0 heterocycles. The Kier molecular flexibility index (Phi) is 22.0. The van der Waals surface area contributed by atoms with Crippen LogP contribution in [0.2, 0.25) is 0 Å². The van der Waals surface area contributed by atoms with Gasteiger partial charge in [0.1, 0.15) is 0 Å². The van der Waals surface area contributed by atoms with E-state index in [4.69, 9.17) is 9.84 Å². The lowest BCUT2D eigenvalue weighted by molar-refractivity contribution is 0.0348. The summed E-state index contributed by atoms with van der Waals surface area (Å²) in [5.41, 5.74) is 0. The molecule has 0 radical (unpaired) electrons. The summed E-state index contributed by atoms with van der Waals surface area (Å²) in [5, 5.41) is 21.3. The number of aliphatic hydroxyl groups is 2. The molecule has 27 heavy (non-hydrogen) atoms. The minimum atomic E-state index is -0.480. The second-order valence-electron chi connectivity index (χ2n) is 8.23. The third-order valence-corrected chi connectivity index (χ3v) is 5.26. The van der Waals surface area contributed by atoms with Crippen LogP contribution in [0.5, 0.6) is 0 Å². The first-order chi connectivity index (χ1) is 13.2.